The molecule has 2 aliphatic heterocycles. The molecule has 0 amide bonds. The third kappa shape index (κ3) is 3.12. The number of ether oxygens (including phenoxy) is 1. The zero-order valence-electron chi connectivity index (χ0n) is 13.7. The summed E-state index contributed by atoms with van der Waals surface area (Å²) in [5.41, 5.74) is 2.83. The fourth-order valence-electron chi connectivity index (χ4n) is 3.17. The first-order valence-corrected chi connectivity index (χ1v) is 9.71. The van der Waals surface area contributed by atoms with Gasteiger partial charge in [0.05, 0.1) is 24.7 Å². The number of nitrogens with one attached hydrogen (secondary N) is 1. The third-order valence-electron chi connectivity index (χ3n) is 4.41. The Hall–Kier alpha value is -2.38. The van der Waals surface area contributed by atoms with Crippen LogP contribution in [0.3, 0.4) is 0 Å². The highest BCUT2D eigenvalue weighted by molar-refractivity contribution is 7.90. The minimum Gasteiger partial charge on any atom is -0.378 e. The van der Waals surface area contributed by atoms with Crippen molar-refractivity contribution in [2.75, 3.05) is 31.2 Å². The molecule has 1 saturated heterocycles. The number of anilines is 1. The van der Waals surface area contributed by atoms with Gasteiger partial charge in [0.1, 0.15) is 5.84 Å². The topological polar surface area (TPSA) is 71.0 Å². The molecule has 6 nitrogen and oxygen atoms in total. The smallest absolute Gasteiger partial charge is 0.263 e. The highest BCUT2D eigenvalue weighted by Crippen LogP contribution is 2.25. The second-order valence-corrected chi connectivity index (χ2v) is 7.65. The first kappa shape index (κ1) is 16.1. The molecule has 0 saturated carbocycles. The van der Waals surface area contributed by atoms with Crippen molar-refractivity contribution in [2.24, 2.45) is 4.99 Å². The van der Waals surface area contributed by atoms with Gasteiger partial charge in [-0.3, -0.25) is 9.71 Å². The van der Waals surface area contributed by atoms with Crippen molar-refractivity contribution in [3.63, 3.8) is 0 Å². The van der Waals surface area contributed by atoms with Gasteiger partial charge in [0.15, 0.2) is 0 Å². The lowest BCUT2D eigenvalue weighted by molar-refractivity contribution is 0.122. The Balaban J connectivity index is 1.63. The van der Waals surface area contributed by atoms with Crippen molar-refractivity contribution in [3.8, 4) is 0 Å². The van der Waals surface area contributed by atoms with E-state index in [1.165, 1.54) is 0 Å². The van der Waals surface area contributed by atoms with E-state index in [1.807, 2.05) is 24.3 Å². The molecular formula is C18H19N3O3S. The largest absolute Gasteiger partial charge is 0.378 e. The molecule has 0 aliphatic carbocycles. The predicted octanol–water partition coefficient (Wildman–Crippen LogP) is 1.76. The molecule has 130 valence electrons. The van der Waals surface area contributed by atoms with Crippen molar-refractivity contribution in [2.45, 2.75) is 11.4 Å². The van der Waals surface area contributed by atoms with Crippen LogP contribution in [0.15, 0.2) is 58.4 Å². The summed E-state index contributed by atoms with van der Waals surface area (Å²) in [4.78, 5) is 7.13. The number of fused-ring (bicyclic) bond motifs is 1. The number of aliphatic imine (C=N–C) groups is 1. The van der Waals surface area contributed by atoms with Crippen LogP contribution in [-0.2, 0) is 21.3 Å². The maximum absolute atomic E-state index is 12.2. The summed E-state index contributed by atoms with van der Waals surface area (Å²) in [5.74, 6) is 0.410. The van der Waals surface area contributed by atoms with E-state index in [9.17, 15) is 8.42 Å². The van der Waals surface area contributed by atoms with E-state index in [0.717, 1.165) is 37.6 Å². The van der Waals surface area contributed by atoms with Crippen molar-refractivity contribution < 1.29 is 13.2 Å². The SMILES string of the molecule is O=S1(=O)NC(=NCc2ccccc2N2CCOCC2)c2ccccc21. The maximum Gasteiger partial charge on any atom is 0.263 e. The maximum atomic E-state index is 12.2. The van der Waals surface area contributed by atoms with Gasteiger partial charge in [0, 0.05) is 24.3 Å². The van der Waals surface area contributed by atoms with Crippen LogP contribution in [-0.4, -0.2) is 40.6 Å². The highest BCUT2D eigenvalue weighted by Gasteiger charge is 2.30. The first-order chi connectivity index (χ1) is 12.1. The van der Waals surface area contributed by atoms with Crippen LogP contribution in [0.4, 0.5) is 5.69 Å². The summed E-state index contributed by atoms with van der Waals surface area (Å²) >= 11 is 0. The molecule has 0 radical (unpaired) electrons. The van der Waals surface area contributed by atoms with Gasteiger partial charge < -0.3 is 9.64 Å². The van der Waals surface area contributed by atoms with Crippen LogP contribution in [0.25, 0.3) is 0 Å². The van der Waals surface area contributed by atoms with E-state index in [4.69, 9.17) is 4.74 Å². The molecule has 0 aromatic heterocycles. The van der Waals surface area contributed by atoms with Gasteiger partial charge in [-0.1, -0.05) is 30.3 Å². The van der Waals surface area contributed by atoms with Crippen LogP contribution in [0.2, 0.25) is 0 Å². The molecule has 2 aliphatic rings. The second-order valence-electron chi connectivity index (χ2n) is 5.99. The first-order valence-electron chi connectivity index (χ1n) is 8.22. The third-order valence-corrected chi connectivity index (χ3v) is 5.81. The number of sulfonamides is 1. The fourth-order valence-corrected chi connectivity index (χ4v) is 4.42. The van der Waals surface area contributed by atoms with Gasteiger partial charge in [-0.05, 0) is 23.8 Å². The van der Waals surface area contributed by atoms with E-state index in [0.29, 0.717) is 17.9 Å². The predicted molar refractivity (Wildman–Crippen MR) is 96.5 cm³/mol. The summed E-state index contributed by atoms with van der Waals surface area (Å²) in [7, 11) is -3.50. The van der Waals surface area contributed by atoms with Gasteiger partial charge in [0.25, 0.3) is 10.0 Å². The zero-order valence-corrected chi connectivity index (χ0v) is 14.5. The number of para-hydroxylation sites is 1. The number of benzene rings is 2. The molecular weight excluding hydrogens is 338 g/mol. The van der Waals surface area contributed by atoms with E-state index < -0.39 is 10.0 Å². The van der Waals surface area contributed by atoms with Crippen LogP contribution in [0, 0.1) is 0 Å². The Morgan fingerprint density at radius 1 is 1.04 bits per heavy atom. The number of morpholine rings is 1. The highest BCUT2D eigenvalue weighted by atomic mass is 32.2. The van der Waals surface area contributed by atoms with E-state index in [1.54, 1.807) is 18.2 Å². The lowest BCUT2D eigenvalue weighted by Crippen LogP contribution is -2.36. The molecule has 0 bridgehead atoms. The number of amidine groups is 1. The molecule has 7 heteroatoms. The lowest BCUT2D eigenvalue weighted by Gasteiger charge is -2.30. The number of nitrogens with zero attached hydrogens (tertiary/aromatic N) is 2. The van der Waals surface area contributed by atoms with Gasteiger partial charge in [-0.2, -0.15) is 0 Å². The molecule has 1 N–H and O–H groups in total. The number of rotatable bonds is 3. The fraction of sp³-hybridized carbons (Fsp3) is 0.278. The molecule has 2 aromatic carbocycles. The van der Waals surface area contributed by atoms with E-state index in [2.05, 4.69) is 20.7 Å². The summed E-state index contributed by atoms with van der Waals surface area (Å²) < 4.78 is 32.3. The average Bonchev–Trinajstić information content (AvgIpc) is 2.92. The Bertz CT molecular complexity index is 919. The van der Waals surface area contributed by atoms with Gasteiger partial charge in [-0.25, -0.2) is 8.42 Å². The summed E-state index contributed by atoms with van der Waals surface area (Å²) in [6, 6.07) is 15.0. The minimum absolute atomic E-state index is 0.287. The van der Waals surface area contributed by atoms with Crippen LogP contribution in [0.5, 0.6) is 0 Å². The van der Waals surface area contributed by atoms with Crippen LogP contribution in [0.1, 0.15) is 11.1 Å². The molecule has 2 aromatic rings. The molecule has 2 heterocycles. The van der Waals surface area contributed by atoms with Gasteiger partial charge in [-0.15, -0.1) is 0 Å². The molecule has 0 atom stereocenters. The second kappa shape index (κ2) is 6.50. The van der Waals surface area contributed by atoms with Gasteiger partial charge >= 0.3 is 0 Å². The van der Waals surface area contributed by atoms with Crippen LogP contribution < -0.4 is 9.62 Å². The normalized spacial score (nSPS) is 20.3. The Morgan fingerprint density at radius 2 is 1.76 bits per heavy atom. The monoisotopic (exact) mass is 357 g/mol. The number of hydrogen-bond acceptors (Lipinski definition) is 5. The molecule has 1 fully saturated rings. The van der Waals surface area contributed by atoms with Gasteiger partial charge in [0.2, 0.25) is 0 Å². The van der Waals surface area contributed by atoms with E-state index >= 15 is 0 Å². The standard InChI is InChI=1S/C18H19N3O3S/c22-25(23)17-8-4-2-6-15(17)18(20-25)19-13-14-5-1-3-7-16(14)21-9-11-24-12-10-21/h1-8H,9-13H2,(H,19,20). The molecule has 0 spiro atoms. The number of hydrogen-bond donors (Lipinski definition) is 1. The summed E-state index contributed by atoms with van der Waals surface area (Å²) in [5, 5.41) is 0. The van der Waals surface area contributed by atoms with Crippen molar-refractivity contribution in [3.05, 3.63) is 59.7 Å². The summed E-state index contributed by atoms with van der Waals surface area (Å²) in [6.07, 6.45) is 0. The Morgan fingerprint density at radius 3 is 2.60 bits per heavy atom. The Kier molecular flexibility index (Phi) is 4.19. The summed E-state index contributed by atoms with van der Waals surface area (Å²) in [6.45, 7) is 3.55. The van der Waals surface area contributed by atoms with Crippen molar-refractivity contribution in [1.29, 1.82) is 0 Å². The Labute approximate surface area is 147 Å². The molecule has 4 rings (SSSR count). The quantitative estimate of drug-likeness (QED) is 0.909. The average molecular weight is 357 g/mol. The minimum atomic E-state index is -3.50. The molecule has 25 heavy (non-hydrogen) atoms. The van der Waals surface area contributed by atoms with Crippen molar-refractivity contribution in [1.82, 2.24) is 4.72 Å². The van der Waals surface area contributed by atoms with Crippen molar-refractivity contribution >= 4 is 21.5 Å². The molecule has 0 unspecified atom stereocenters. The van der Waals surface area contributed by atoms with Crippen LogP contribution >= 0.6 is 0 Å². The zero-order chi connectivity index (χ0) is 17.3. The lowest BCUT2D eigenvalue weighted by atomic mass is 10.1. The van der Waals surface area contributed by atoms with E-state index in [-0.39, 0.29) is 4.90 Å².